The molecule has 8 N–H and O–H groups in total. The molecule has 1 aromatic heterocycles. The SMILES string of the molecule is C#CCOCCOCCO[C@]1(C(=O)O)C[C@H](O)[C@@H](NC(=O)CO)[C@H]([C@H](O)[C@H](O)CNC(=O)Cc2ccc3[nH]ccc3c2)O1. The first-order valence-corrected chi connectivity index (χ1v) is 13.5. The largest absolute Gasteiger partial charge is 0.477 e. The van der Waals surface area contributed by atoms with E-state index in [1.165, 1.54) is 0 Å². The van der Waals surface area contributed by atoms with Gasteiger partial charge in [-0.25, -0.2) is 4.79 Å². The number of hydrogen-bond donors (Lipinski definition) is 8. The highest BCUT2D eigenvalue weighted by Crippen LogP contribution is 2.33. The fourth-order valence-corrected chi connectivity index (χ4v) is 4.58. The normalized spacial score (nSPS) is 23.3. The Kier molecular flexibility index (Phi) is 12.9. The number of benzene rings is 1. The summed E-state index contributed by atoms with van der Waals surface area (Å²) in [7, 11) is 0. The number of carboxylic acid groups (broad SMARTS) is 1. The van der Waals surface area contributed by atoms with Gasteiger partial charge in [0.25, 0.3) is 5.79 Å². The van der Waals surface area contributed by atoms with Crippen LogP contribution in [-0.4, -0.2) is 131 Å². The van der Waals surface area contributed by atoms with Crippen LogP contribution in [0.15, 0.2) is 30.5 Å². The standard InChI is InChI=1S/C28H37N3O12/c1-2-7-40-8-9-41-10-11-42-28(27(38)39)14-20(33)24(31-23(36)16-32)26(43-28)25(37)21(34)15-30-22(35)13-17-3-4-19-18(12-17)5-6-29-19/h1,3-6,12,20-21,24-26,29,32-34,37H,7-11,13-16H2,(H,30,35)(H,31,36)(H,38,39)/t20-,21+,24+,25+,26+,28+/m0/s1. The van der Waals surface area contributed by atoms with E-state index in [9.17, 15) is 39.9 Å². The number of aromatic nitrogens is 1. The Labute approximate surface area is 247 Å². The molecule has 0 bridgehead atoms. The van der Waals surface area contributed by atoms with E-state index in [4.69, 9.17) is 25.4 Å². The van der Waals surface area contributed by atoms with Crippen molar-refractivity contribution in [2.45, 2.75) is 49.1 Å². The second kappa shape index (κ2) is 16.3. The minimum atomic E-state index is -2.49. The van der Waals surface area contributed by atoms with Gasteiger partial charge in [0.15, 0.2) is 0 Å². The Morgan fingerprint density at radius 1 is 1.14 bits per heavy atom. The molecule has 0 aliphatic carbocycles. The zero-order chi connectivity index (χ0) is 31.4. The fraction of sp³-hybridized carbons (Fsp3) is 0.536. The van der Waals surface area contributed by atoms with Gasteiger partial charge in [-0.05, 0) is 29.1 Å². The number of nitrogens with one attached hydrogen (secondary N) is 3. The molecular formula is C28H37N3O12. The smallest absolute Gasteiger partial charge is 0.364 e. The summed E-state index contributed by atoms with van der Waals surface area (Å²) in [6.07, 6.45) is -0.892. The monoisotopic (exact) mass is 607 g/mol. The quantitative estimate of drug-likeness (QED) is 0.0698. The summed E-state index contributed by atoms with van der Waals surface area (Å²) in [6.45, 7) is -1.40. The summed E-state index contributed by atoms with van der Waals surface area (Å²) in [5.41, 5.74) is 1.61. The molecule has 0 unspecified atom stereocenters. The van der Waals surface area contributed by atoms with Crippen molar-refractivity contribution < 1.29 is 58.9 Å². The molecule has 2 heterocycles. The maximum atomic E-state index is 12.5. The highest BCUT2D eigenvalue weighted by atomic mass is 16.7. The number of amides is 2. The third-order valence-electron chi connectivity index (χ3n) is 6.71. The number of aliphatic hydroxyl groups is 4. The molecule has 15 nitrogen and oxygen atoms in total. The Bertz CT molecular complexity index is 1260. The van der Waals surface area contributed by atoms with Gasteiger partial charge in [-0.3, -0.25) is 9.59 Å². The van der Waals surface area contributed by atoms with Gasteiger partial charge in [0.1, 0.15) is 25.4 Å². The van der Waals surface area contributed by atoms with Crippen LogP contribution in [0.4, 0.5) is 0 Å². The molecule has 236 valence electrons. The van der Waals surface area contributed by atoms with Gasteiger partial charge in [0.05, 0.1) is 51.1 Å². The van der Waals surface area contributed by atoms with Crippen LogP contribution in [0.25, 0.3) is 10.9 Å². The van der Waals surface area contributed by atoms with E-state index in [2.05, 4.69) is 21.5 Å². The van der Waals surface area contributed by atoms with Gasteiger partial charge >= 0.3 is 5.97 Å². The van der Waals surface area contributed by atoms with Crippen LogP contribution < -0.4 is 10.6 Å². The highest BCUT2D eigenvalue weighted by molar-refractivity contribution is 5.83. The third kappa shape index (κ3) is 9.45. The number of ether oxygens (including phenoxy) is 4. The van der Waals surface area contributed by atoms with Gasteiger partial charge in [-0.1, -0.05) is 12.0 Å². The van der Waals surface area contributed by atoms with Gasteiger partial charge in [-0.2, -0.15) is 0 Å². The number of carbonyl (C=O) groups excluding carboxylic acids is 2. The Morgan fingerprint density at radius 3 is 2.60 bits per heavy atom. The van der Waals surface area contributed by atoms with E-state index >= 15 is 0 Å². The van der Waals surface area contributed by atoms with Crippen LogP contribution in [0.2, 0.25) is 0 Å². The lowest BCUT2D eigenvalue weighted by Gasteiger charge is -2.46. The van der Waals surface area contributed by atoms with Crippen molar-refractivity contribution in [2.24, 2.45) is 0 Å². The topological polar surface area (TPSA) is 229 Å². The van der Waals surface area contributed by atoms with Crippen LogP contribution in [0.3, 0.4) is 0 Å². The number of rotatable bonds is 17. The van der Waals surface area contributed by atoms with Crippen LogP contribution in [0, 0.1) is 12.3 Å². The highest BCUT2D eigenvalue weighted by Gasteiger charge is 2.55. The van der Waals surface area contributed by atoms with E-state index in [-0.39, 0.29) is 39.5 Å². The molecule has 6 atom stereocenters. The zero-order valence-corrected chi connectivity index (χ0v) is 23.3. The first kappa shape index (κ1) is 33.9. The van der Waals surface area contributed by atoms with Crippen molar-refractivity contribution in [3.63, 3.8) is 0 Å². The van der Waals surface area contributed by atoms with Crippen LogP contribution in [0.5, 0.6) is 0 Å². The average Bonchev–Trinajstić information content (AvgIpc) is 3.46. The zero-order valence-electron chi connectivity index (χ0n) is 23.3. The molecule has 43 heavy (non-hydrogen) atoms. The molecule has 3 rings (SSSR count). The molecule has 15 heteroatoms. The van der Waals surface area contributed by atoms with Gasteiger partial charge in [0, 0.05) is 24.7 Å². The number of terminal acetylenes is 1. The molecule has 1 saturated heterocycles. The number of carboxylic acids is 1. The second-order valence-electron chi connectivity index (χ2n) is 9.82. The maximum Gasteiger partial charge on any atom is 0.364 e. The molecule has 2 aromatic rings. The summed E-state index contributed by atoms with van der Waals surface area (Å²) in [6, 6.07) is 5.81. The third-order valence-corrected chi connectivity index (χ3v) is 6.71. The maximum absolute atomic E-state index is 12.5. The van der Waals surface area contributed by atoms with E-state index in [0.717, 1.165) is 10.9 Å². The van der Waals surface area contributed by atoms with Gasteiger partial charge in [0.2, 0.25) is 11.8 Å². The number of H-pyrrole nitrogens is 1. The summed E-state index contributed by atoms with van der Waals surface area (Å²) in [5.74, 6) is -3.26. The number of hydrogen-bond acceptors (Lipinski definition) is 11. The van der Waals surface area contributed by atoms with Gasteiger partial charge < -0.3 is 60.1 Å². The van der Waals surface area contributed by atoms with E-state index in [0.29, 0.717) is 5.56 Å². The number of aliphatic hydroxyl groups excluding tert-OH is 4. The molecule has 1 aliphatic rings. The molecule has 0 radical (unpaired) electrons. The summed E-state index contributed by atoms with van der Waals surface area (Å²) in [4.78, 5) is 39.8. The molecule has 0 spiro atoms. The molecule has 1 fully saturated rings. The van der Waals surface area contributed by atoms with Gasteiger partial charge in [-0.15, -0.1) is 6.42 Å². The second-order valence-corrected chi connectivity index (χ2v) is 9.82. The molecular weight excluding hydrogens is 570 g/mol. The van der Waals surface area contributed by atoms with Crippen molar-refractivity contribution in [3.05, 3.63) is 36.0 Å². The lowest BCUT2D eigenvalue weighted by molar-refractivity contribution is -0.312. The molecule has 1 aromatic carbocycles. The van der Waals surface area contributed by atoms with E-state index < -0.39 is 73.6 Å². The molecule has 1 aliphatic heterocycles. The number of carbonyl (C=O) groups is 3. The van der Waals surface area contributed by atoms with Crippen molar-refractivity contribution >= 4 is 28.7 Å². The molecule has 0 saturated carbocycles. The van der Waals surface area contributed by atoms with E-state index in [1.54, 1.807) is 12.3 Å². The van der Waals surface area contributed by atoms with Crippen LogP contribution >= 0.6 is 0 Å². The Hall–Kier alpha value is -3.59. The number of aromatic amines is 1. The number of aliphatic carboxylic acids is 1. The fourth-order valence-electron chi connectivity index (χ4n) is 4.58. The van der Waals surface area contributed by atoms with Crippen molar-refractivity contribution in [1.82, 2.24) is 15.6 Å². The average molecular weight is 608 g/mol. The first-order valence-electron chi connectivity index (χ1n) is 13.5. The Morgan fingerprint density at radius 2 is 1.88 bits per heavy atom. The van der Waals surface area contributed by atoms with Crippen molar-refractivity contribution in [2.75, 3.05) is 46.2 Å². The lowest BCUT2D eigenvalue weighted by atomic mass is 9.88. The van der Waals surface area contributed by atoms with E-state index in [1.807, 2.05) is 18.2 Å². The number of fused-ring (bicyclic) bond motifs is 1. The summed E-state index contributed by atoms with van der Waals surface area (Å²) in [5, 5.41) is 57.3. The molecule has 2 amide bonds. The van der Waals surface area contributed by atoms with Crippen molar-refractivity contribution in [3.8, 4) is 12.3 Å². The first-order chi connectivity index (χ1) is 20.6. The predicted octanol–water partition coefficient (Wildman–Crippen LogP) is -2.36. The predicted molar refractivity (Wildman–Crippen MR) is 148 cm³/mol. The minimum Gasteiger partial charge on any atom is -0.477 e. The summed E-state index contributed by atoms with van der Waals surface area (Å²) >= 11 is 0. The van der Waals surface area contributed by atoms with Crippen LogP contribution in [-0.2, 0) is 39.8 Å². The Balaban J connectivity index is 1.64. The minimum absolute atomic E-state index is 0.0220. The van der Waals surface area contributed by atoms with Crippen LogP contribution in [0.1, 0.15) is 12.0 Å². The lowest BCUT2D eigenvalue weighted by Crippen LogP contribution is -2.68. The summed E-state index contributed by atoms with van der Waals surface area (Å²) < 4.78 is 21.4. The van der Waals surface area contributed by atoms with Crippen molar-refractivity contribution in [1.29, 1.82) is 0 Å².